The van der Waals surface area contributed by atoms with Gasteiger partial charge in [0.15, 0.2) is 21.7 Å². The molecule has 22 heteroatoms. The van der Waals surface area contributed by atoms with E-state index in [1.807, 2.05) is 0 Å². The summed E-state index contributed by atoms with van der Waals surface area (Å²) < 4.78 is 68.7. The normalized spacial score (nSPS) is 29.5. The van der Waals surface area contributed by atoms with E-state index in [1.54, 1.807) is 0 Å². The summed E-state index contributed by atoms with van der Waals surface area (Å²) >= 11 is 11.6. The third-order valence-corrected chi connectivity index (χ3v) is 8.54. The average molecular weight is 598 g/mol. The second kappa shape index (κ2) is 9.90. The number of fused-ring (bicyclic) bond motifs is 1. The predicted octanol–water partition coefficient (Wildman–Crippen LogP) is 0.674. The summed E-state index contributed by atoms with van der Waals surface area (Å²) in [4.78, 5) is 44.6. The summed E-state index contributed by atoms with van der Waals surface area (Å²) in [5.74, 6) is 4.76. The molecule has 2 aromatic heterocycles. The molecule has 0 aromatic carbocycles. The first kappa shape index (κ1) is 25.4. The van der Waals surface area contributed by atoms with E-state index < -0.39 is 53.3 Å². The van der Waals surface area contributed by atoms with Gasteiger partial charge in [0, 0.05) is 0 Å². The Morgan fingerprint density at radius 1 is 1.37 bits per heavy atom. The number of rotatable bonds is 8. The van der Waals surface area contributed by atoms with Gasteiger partial charge in [-0.3, -0.25) is 9.09 Å². The lowest BCUT2D eigenvalue weighted by Gasteiger charge is -2.25. The highest BCUT2D eigenvalue weighted by Crippen LogP contribution is 2.66. The van der Waals surface area contributed by atoms with E-state index in [4.69, 9.17) is 46.8 Å². The van der Waals surface area contributed by atoms with Crippen LogP contribution >= 0.6 is 47.3 Å². The zero-order valence-corrected chi connectivity index (χ0v) is 21.2. The molecule has 8 N–H and O–H groups in total. The van der Waals surface area contributed by atoms with Crippen LogP contribution in [0.25, 0.3) is 11.2 Å². The number of aromatic amines is 1. The number of anilines is 1. The fourth-order valence-corrected chi connectivity index (χ4v) is 6.40. The van der Waals surface area contributed by atoms with Gasteiger partial charge in [0.2, 0.25) is 0 Å². The Kier molecular flexibility index (Phi) is 7.18. The van der Waals surface area contributed by atoms with Crippen molar-refractivity contribution in [1.29, 1.82) is 0 Å². The number of nitrogens with zero attached hydrogens (tertiary/aromatic N) is 3. The van der Waals surface area contributed by atoms with Crippen molar-refractivity contribution < 1.29 is 59.0 Å². The molecule has 1 aliphatic heterocycles. The minimum Gasteiger partial charge on any atom is -0.387 e. The van der Waals surface area contributed by atoms with Crippen molar-refractivity contribution in [3.8, 4) is 11.8 Å². The number of nitrogen functional groups attached to an aromatic ring is 1. The standard InChI is InChI=1S/C13H17ClN5O12P3S/c1-2-3-13(14)8(20)6(4-28-33(24,25)31-34(26,27)30-32(21,22)23)29-11(13)19-5-16-7-9(19)17-12(15)18-10(7)35/h5-6,8,11,20H,4H2,1H3,(H,24,25)(H,26,27)(H2,21,22,23)(H3,15,17,18,35)/t6-,8+,11-,13?/m1/s1/i4D2. The number of aromatic nitrogens is 4. The van der Waals surface area contributed by atoms with Crippen LogP contribution in [0.2, 0.25) is 0 Å². The summed E-state index contributed by atoms with van der Waals surface area (Å²) in [7, 11) is -17.6. The van der Waals surface area contributed by atoms with E-state index >= 15 is 0 Å². The zero-order chi connectivity index (χ0) is 28.2. The third-order valence-electron chi connectivity index (χ3n) is 4.09. The molecule has 2 aromatic rings. The SMILES string of the molecule is [2H]C([2H])(OP(=O)(O)OP(=O)(O)OP(=O)(O)O)[C@H]1O[C@@H](n2cnc3c(=S)nc(N)[nH]c32)C(Cl)(C#CC)[C@H]1O. The molecule has 0 spiro atoms. The predicted molar refractivity (Wildman–Crippen MR) is 119 cm³/mol. The number of aliphatic hydroxyl groups is 1. The number of halogens is 1. The molecule has 0 aliphatic carbocycles. The Morgan fingerprint density at radius 3 is 2.63 bits per heavy atom. The highest BCUT2D eigenvalue weighted by atomic mass is 35.5. The first-order valence-electron chi connectivity index (χ1n) is 9.74. The Hall–Kier alpha value is -1.25. The Morgan fingerprint density at radius 2 is 2.03 bits per heavy atom. The zero-order valence-electron chi connectivity index (χ0n) is 19.0. The molecule has 0 bridgehead atoms. The van der Waals surface area contributed by atoms with Gasteiger partial charge in [0.1, 0.15) is 23.4 Å². The summed E-state index contributed by atoms with van der Waals surface area (Å²) in [5, 5.41) is 10.9. The van der Waals surface area contributed by atoms with Crippen molar-refractivity contribution in [1.82, 2.24) is 19.5 Å². The van der Waals surface area contributed by atoms with E-state index in [0.29, 0.717) is 0 Å². The number of imidazole rings is 1. The third kappa shape index (κ3) is 6.37. The lowest BCUT2D eigenvalue weighted by atomic mass is 9.99. The van der Waals surface area contributed by atoms with E-state index in [9.17, 15) is 28.6 Å². The van der Waals surface area contributed by atoms with Crippen molar-refractivity contribution in [2.75, 3.05) is 12.3 Å². The quantitative estimate of drug-likeness (QED) is 0.0954. The maximum absolute atomic E-state index is 12.2. The minimum absolute atomic E-state index is 0.0233. The molecule has 17 nitrogen and oxygen atoms in total. The number of phosphoric ester groups is 1. The van der Waals surface area contributed by atoms with Crippen LogP contribution in [0.1, 0.15) is 15.9 Å². The maximum atomic E-state index is 12.2. The van der Waals surface area contributed by atoms with Crippen LogP contribution in [0, 0.1) is 16.5 Å². The van der Waals surface area contributed by atoms with Crippen molar-refractivity contribution in [3.63, 3.8) is 0 Å². The fourth-order valence-electron chi connectivity index (χ4n) is 2.91. The van der Waals surface area contributed by atoms with E-state index in [-0.39, 0.29) is 21.8 Å². The number of nitrogens with one attached hydrogen (secondary N) is 1. The van der Waals surface area contributed by atoms with E-state index in [2.05, 4.69) is 39.9 Å². The Labute approximate surface area is 208 Å². The molecule has 6 atom stereocenters. The largest absolute Gasteiger partial charge is 0.490 e. The molecule has 1 saturated heterocycles. The number of aliphatic hydroxyl groups excluding tert-OH is 1. The van der Waals surface area contributed by atoms with Crippen LogP contribution in [0.5, 0.6) is 0 Å². The van der Waals surface area contributed by atoms with E-state index in [0.717, 1.165) is 10.9 Å². The molecule has 3 unspecified atom stereocenters. The fraction of sp³-hybridized carbons (Fsp3) is 0.462. The first-order chi connectivity index (χ1) is 16.7. The summed E-state index contributed by atoms with van der Waals surface area (Å²) in [6.07, 6.45) is -4.81. The molecule has 1 aliphatic rings. The van der Waals surface area contributed by atoms with Crippen LogP contribution in [-0.4, -0.2) is 67.8 Å². The van der Waals surface area contributed by atoms with Crippen molar-refractivity contribution in [3.05, 3.63) is 11.0 Å². The molecule has 194 valence electrons. The second-order valence-corrected chi connectivity index (χ2v) is 11.9. The van der Waals surface area contributed by atoms with Crippen LogP contribution in [0.4, 0.5) is 5.95 Å². The van der Waals surface area contributed by atoms with Gasteiger partial charge in [-0.1, -0.05) is 29.7 Å². The van der Waals surface area contributed by atoms with Gasteiger partial charge in [-0.2, -0.15) is 8.62 Å². The molecular weight excluding hydrogens is 579 g/mol. The number of phosphoric acid groups is 3. The maximum Gasteiger partial charge on any atom is 0.490 e. The van der Waals surface area contributed by atoms with Gasteiger partial charge in [-0.05, 0) is 6.92 Å². The van der Waals surface area contributed by atoms with Crippen LogP contribution in [0.15, 0.2) is 6.33 Å². The number of alkyl halides is 1. The molecule has 3 heterocycles. The number of nitrogens with two attached hydrogens (primary N) is 1. The van der Waals surface area contributed by atoms with E-state index in [1.165, 1.54) is 6.92 Å². The Balaban J connectivity index is 1.99. The van der Waals surface area contributed by atoms with Crippen molar-refractivity contribution >= 4 is 64.4 Å². The molecule has 1 fully saturated rings. The number of hydrogen-bond donors (Lipinski definition) is 7. The molecule has 0 saturated carbocycles. The molecule has 0 radical (unpaired) electrons. The lowest BCUT2D eigenvalue weighted by Crippen LogP contribution is -2.41. The van der Waals surface area contributed by atoms with Gasteiger partial charge in [0.05, 0.1) is 15.6 Å². The van der Waals surface area contributed by atoms with Gasteiger partial charge >= 0.3 is 23.5 Å². The van der Waals surface area contributed by atoms with Gasteiger partial charge in [-0.25, -0.2) is 23.7 Å². The molecule has 3 rings (SSSR count). The number of H-pyrrole nitrogens is 1. The highest BCUT2D eigenvalue weighted by molar-refractivity contribution is 7.71. The summed E-state index contributed by atoms with van der Waals surface area (Å²) in [5.41, 5.74) is 5.87. The first-order valence-corrected chi connectivity index (χ1v) is 14.1. The van der Waals surface area contributed by atoms with Crippen molar-refractivity contribution in [2.24, 2.45) is 0 Å². The second-order valence-electron chi connectivity index (χ2n) is 6.57. The molecule has 0 amide bonds. The van der Waals surface area contributed by atoms with Gasteiger partial charge in [-0.15, -0.1) is 5.92 Å². The minimum atomic E-state index is -5.98. The summed E-state index contributed by atoms with van der Waals surface area (Å²) in [6, 6.07) is 0. The smallest absolute Gasteiger partial charge is 0.387 e. The summed E-state index contributed by atoms with van der Waals surface area (Å²) in [6.45, 7) is -2.19. The van der Waals surface area contributed by atoms with Crippen LogP contribution < -0.4 is 5.73 Å². The van der Waals surface area contributed by atoms with Crippen LogP contribution in [0.3, 0.4) is 0 Å². The van der Waals surface area contributed by atoms with Gasteiger partial charge < -0.3 is 40.1 Å². The van der Waals surface area contributed by atoms with Crippen LogP contribution in [-0.2, 0) is 31.6 Å². The lowest BCUT2D eigenvalue weighted by molar-refractivity contribution is -0.0428. The number of ether oxygens (including phenoxy) is 1. The molecular formula is C13H17ClN5O12P3S. The number of hydrogen-bond acceptors (Lipinski definition) is 12. The highest BCUT2D eigenvalue weighted by Gasteiger charge is 2.56. The monoisotopic (exact) mass is 597 g/mol. The topological polar surface area (TPSA) is 262 Å². The van der Waals surface area contributed by atoms with Crippen molar-refractivity contribution in [2.45, 2.75) is 30.2 Å². The Bertz CT molecular complexity index is 1490. The average Bonchev–Trinajstić information content (AvgIpc) is 3.18. The molecule has 35 heavy (non-hydrogen) atoms. The van der Waals surface area contributed by atoms with Gasteiger partial charge in [0.25, 0.3) is 0 Å².